The van der Waals surface area contributed by atoms with Crippen molar-refractivity contribution in [3.05, 3.63) is 28.7 Å². The van der Waals surface area contributed by atoms with Crippen molar-refractivity contribution < 1.29 is 14.1 Å². The Hall–Kier alpha value is -2.18. The van der Waals surface area contributed by atoms with Crippen molar-refractivity contribution in [1.82, 2.24) is 19.9 Å². The number of carbonyl (C=O) groups is 1. The Morgan fingerprint density at radius 2 is 2.08 bits per heavy atom. The van der Waals surface area contributed by atoms with E-state index in [0.29, 0.717) is 17.6 Å². The summed E-state index contributed by atoms with van der Waals surface area (Å²) in [7, 11) is 0. The third-order valence-corrected chi connectivity index (χ3v) is 3.73. The molecule has 0 bridgehead atoms. The van der Waals surface area contributed by atoms with Gasteiger partial charge in [-0.3, -0.25) is 9.48 Å². The maximum absolute atomic E-state index is 12.1. The zero-order valence-corrected chi connectivity index (χ0v) is 15.1. The van der Waals surface area contributed by atoms with Crippen LogP contribution in [-0.4, -0.2) is 25.9 Å². The minimum atomic E-state index is -0.319. The fourth-order valence-corrected chi connectivity index (χ4v) is 2.52. The smallest absolute Gasteiger partial charge is 0.310 e. The molecule has 7 heteroatoms. The highest BCUT2D eigenvalue weighted by molar-refractivity contribution is 5.73. The molecule has 0 unspecified atom stereocenters. The van der Waals surface area contributed by atoms with Crippen molar-refractivity contribution in [2.24, 2.45) is 5.92 Å². The van der Waals surface area contributed by atoms with Gasteiger partial charge in [-0.1, -0.05) is 25.9 Å². The van der Waals surface area contributed by atoms with Gasteiger partial charge >= 0.3 is 5.97 Å². The average molecular weight is 334 g/mol. The van der Waals surface area contributed by atoms with Crippen LogP contribution in [0.2, 0.25) is 0 Å². The van der Waals surface area contributed by atoms with Gasteiger partial charge < -0.3 is 9.26 Å². The van der Waals surface area contributed by atoms with Crippen LogP contribution in [0.15, 0.2) is 4.52 Å². The molecule has 0 aliphatic carbocycles. The Bertz CT molecular complexity index is 688. The Labute approximate surface area is 142 Å². The predicted octanol–water partition coefficient (Wildman–Crippen LogP) is 2.78. The standard InChI is InChI=1S/C17H26N4O3/c1-6-7-15-18-16(24-20-15)10-23-17(22)8-14-12(4)19-21(13(14)5)9-11(2)3/h11H,6-10H2,1-5H3. The molecule has 7 nitrogen and oxygen atoms in total. The summed E-state index contributed by atoms with van der Waals surface area (Å²) in [6, 6.07) is 0. The van der Waals surface area contributed by atoms with Crippen molar-refractivity contribution in [2.45, 2.75) is 67.0 Å². The largest absolute Gasteiger partial charge is 0.455 e. The first-order chi connectivity index (χ1) is 11.4. The molecule has 0 amide bonds. The number of hydrogen-bond donors (Lipinski definition) is 0. The summed E-state index contributed by atoms with van der Waals surface area (Å²) in [5.74, 6) is 1.15. The zero-order valence-electron chi connectivity index (χ0n) is 15.1. The van der Waals surface area contributed by atoms with Gasteiger partial charge in [0.25, 0.3) is 5.89 Å². The number of ether oxygens (including phenoxy) is 1. The van der Waals surface area contributed by atoms with E-state index in [1.807, 2.05) is 25.5 Å². The lowest BCUT2D eigenvalue weighted by Gasteiger charge is -2.08. The van der Waals surface area contributed by atoms with Gasteiger partial charge in [0, 0.05) is 24.2 Å². The van der Waals surface area contributed by atoms with Crippen molar-refractivity contribution in [3.63, 3.8) is 0 Å². The summed E-state index contributed by atoms with van der Waals surface area (Å²) in [6.45, 7) is 11.1. The van der Waals surface area contributed by atoms with Crippen LogP contribution in [0.25, 0.3) is 0 Å². The fraction of sp³-hybridized carbons (Fsp3) is 0.647. The second-order valence-corrected chi connectivity index (χ2v) is 6.42. The second kappa shape index (κ2) is 8.08. The Kier molecular flexibility index (Phi) is 6.11. The molecule has 0 saturated heterocycles. The van der Waals surface area contributed by atoms with Gasteiger partial charge in [0.15, 0.2) is 12.4 Å². The molecule has 2 aromatic rings. The lowest BCUT2D eigenvalue weighted by molar-refractivity contribution is -0.144. The topological polar surface area (TPSA) is 83.0 Å². The van der Waals surface area contributed by atoms with Crippen LogP contribution in [0.4, 0.5) is 0 Å². The minimum absolute atomic E-state index is 0.00771. The van der Waals surface area contributed by atoms with Gasteiger partial charge in [-0.05, 0) is 26.2 Å². The van der Waals surface area contributed by atoms with E-state index in [2.05, 4.69) is 29.1 Å². The molecule has 2 heterocycles. The van der Waals surface area contributed by atoms with Crippen LogP contribution < -0.4 is 0 Å². The van der Waals surface area contributed by atoms with Gasteiger partial charge in [-0.15, -0.1) is 0 Å². The first kappa shape index (κ1) is 18.2. The molecule has 2 aromatic heterocycles. The number of hydrogen-bond acceptors (Lipinski definition) is 6. The molecule has 0 N–H and O–H groups in total. The Morgan fingerprint density at radius 3 is 2.75 bits per heavy atom. The third kappa shape index (κ3) is 4.66. The van der Waals surface area contributed by atoms with E-state index in [0.717, 1.165) is 36.3 Å². The first-order valence-corrected chi connectivity index (χ1v) is 8.40. The number of nitrogens with zero attached hydrogens (tertiary/aromatic N) is 4. The Balaban J connectivity index is 1.93. The number of aromatic nitrogens is 4. The van der Waals surface area contributed by atoms with Crippen LogP contribution in [0.3, 0.4) is 0 Å². The van der Waals surface area contributed by atoms with Gasteiger partial charge in [0.05, 0.1) is 12.1 Å². The molecule has 2 rings (SSSR count). The average Bonchev–Trinajstić information content (AvgIpc) is 3.05. The lowest BCUT2D eigenvalue weighted by Crippen LogP contribution is -2.11. The van der Waals surface area contributed by atoms with E-state index in [1.54, 1.807) is 0 Å². The van der Waals surface area contributed by atoms with E-state index in [9.17, 15) is 4.79 Å². The maximum Gasteiger partial charge on any atom is 0.310 e. The summed E-state index contributed by atoms with van der Waals surface area (Å²) < 4.78 is 12.3. The number of aryl methyl sites for hydroxylation is 2. The van der Waals surface area contributed by atoms with Gasteiger partial charge in [0.1, 0.15) is 0 Å². The molecular weight excluding hydrogens is 308 g/mol. The number of esters is 1. The quantitative estimate of drug-likeness (QED) is 0.690. The summed E-state index contributed by atoms with van der Waals surface area (Å²) >= 11 is 0. The van der Waals surface area contributed by atoms with Crippen molar-refractivity contribution in [3.8, 4) is 0 Å². The van der Waals surface area contributed by atoms with Crippen molar-refractivity contribution in [1.29, 1.82) is 0 Å². The molecule has 132 valence electrons. The third-order valence-electron chi connectivity index (χ3n) is 3.73. The monoisotopic (exact) mass is 334 g/mol. The molecule has 0 aromatic carbocycles. The lowest BCUT2D eigenvalue weighted by atomic mass is 10.1. The van der Waals surface area contributed by atoms with Crippen molar-refractivity contribution in [2.75, 3.05) is 0 Å². The molecule has 0 radical (unpaired) electrons. The molecular formula is C17H26N4O3. The van der Waals surface area contributed by atoms with Gasteiger partial charge in [0.2, 0.25) is 0 Å². The van der Waals surface area contributed by atoms with E-state index in [-0.39, 0.29) is 19.0 Å². The molecule has 0 fully saturated rings. The SMILES string of the molecule is CCCc1noc(COC(=O)Cc2c(C)nn(CC(C)C)c2C)n1. The molecule has 24 heavy (non-hydrogen) atoms. The molecule has 0 spiro atoms. The number of carbonyl (C=O) groups excluding carboxylic acids is 1. The number of rotatable bonds is 8. The maximum atomic E-state index is 12.1. The summed E-state index contributed by atoms with van der Waals surface area (Å²) in [5, 5.41) is 8.35. The second-order valence-electron chi connectivity index (χ2n) is 6.42. The van der Waals surface area contributed by atoms with Gasteiger partial charge in [-0.2, -0.15) is 10.1 Å². The molecule has 0 aliphatic rings. The predicted molar refractivity (Wildman–Crippen MR) is 88.3 cm³/mol. The van der Waals surface area contributed by atoms with E-state index >= 15 is 0 Å². The van der Waals surface area contributed by atoms with E-state index in [1.165, 1.54) is 0 Å². The summed E-state index contributed by atoms with van der Waals surface area (Å²) in [4.78, 5) is 16.3. The van der Waals surface area contributed by atoms with Crippen LogP contribution in [0, 0.1) is 19.8 Å². The molecule has 0 aliphatic heterocycles. The van der Waals surface area contributed by atoms with E-state index < -0.39 is 0 Å². The highest BCUT2D eigenvalue weighted by atomic mass is 16.6. The molecule has 0 saturated carbocycles. The normalized spacial score (nSPS) is 11.2. The fourth-order valence-electron chi connectivity index (χ4n) is 2.52. The Morgan fingerprint density at radius 1 is 1.33 bits per heavy atom. The minimum Gasteiger partial charge on any atom is -0.455 e. The first-order valence-electron chi connectivity index (χ1n) is 8.40. The molecule has 0 atom stereocenters. The summed E-state index contributed by atoms with van der Waals surface area (Å²) in [5.41, 5.74) is 2.81. The van der Waals surface area contributed by atoms with Gasteiger partial charge in [-0.25, -0.2) is 0 Å². The van der Waals surface area contributed by atoms with Crippen LogP contribution in [0.5, 0.6) is 0 Å². The van der Waals surface area contributed by atoms with Crippen LogP contribution in [-0.2, 0) is 35.5 Å². The highest BCUT2D eigenvalue weighted by Gasteiger charge is 2.17. The van der Waals surface area contributed by atoms with Crippen LogP contribution >= 0.6 is 0 Å². The van der Waals surface area contributed by atoms with E-state index in [4.69, 9.17) is 9.26 Å². The highest BCUT2D eigenvalue weighted by Crippen LogP contribution is 2.16. The van der Waals surface area contributed by atoms with Crippen molar-refractivity contribution >= 4 is 5.97 Å². The van der Waals surface area contributed by atoms with Crippen LogP contribution in [0.1, 0.15) is 55.9 Å². The summed E-state index contributed by atoms with van der Waals surface area (Å²) in [6.07, 6.45) is 1.90. The zero-order chi connectivity index (χ0) is 17.7.